The van der Waals surface area contributed by atoms with E-state index >= 15 is 0 Å². The van der Waals surface area contributed by atoms with Crippen molar-refractivity contribution in [1.29, 1.82) is 5.26 Å². The Morgan fingerprint density at radius 1 is 1.47 bits per heavy atom. The summed E-state index contributed by atoms with van der Waals surface area (Å²) in [5, 5.41) is 19.0. The smallest absolute Gasteiger partial charge is 0.163 e. The van der Waals surface area contributed by atoms with Gasteiger partial charge in [-0.15, -0.1) is 5.10 Å². The van der Waals surface area contributed by atoms with Gasteiger partial charge >= 0.3 is 0 Å². The molecule has 0 aliphatic rings. The Kier molecular flexibility index (Phi) is 3.94. The molecule has 0 fully saturated rings. The van der Waals surface area contributed by atoms with E-state index in [4.69, 9.17) is 10.00 Å². The molecule has 0 aliphatic heterocycles. The van der Waals surface area contributed by atoms with Crippen molar-refractivity contribution < 1.29 is 4.74 Å². The highest BCUT2D eigenvalue weighted by molar-refractivity contribution is 5.65. The molecule has 0 radical (unpaired) electrons. The number of rotatable bonds is 4. The van der Waals surface area contributed by atoms with E-state index in [1.807, 2.05) is 50.3 Å². The van der Waals surface area contributed by atoms with E-state index in [-0.39, 0.29) is 0 Å². The molecular formula is C14H14N4O. The number of benzene rings is 1. The minimum Gasteiger partial charge on any atom is -0.490 e. The summed E-state index contributed by atoms with van der Waals surface area (Å²) in [5.74, 6) is 0.738. The molecule has 0 spiro atoms. The topological polar surface area (TPSA) is 74.6 Å². The van der Waals surface area contributed by atoms with Crippen molar-refractivity contribution in [2.75, 3.05) is 6.61 Å². The number of nitrogens with one attached hydrogen (secondary N) is 1. The van der Waals surface area contributed by atoms with E-state index in [0.29, 0.717) is 18.0 Å². The third-order valence-electron chi connectivity index (χ3n) is 2.51. The van der Waals surface area contributed by atoms with Crippen molar-refractivity contribution in [2.45, 2.75) is 13.8 Å². The highest BCUT2D eigenvalue weighted by Crippen LogP contribution is 2.23. The van der Waals surface area contributed by atoms with Gasteiger partial charge in [0, 0.05) is 5.56 Å². The predicted molar refractivity (Wildman–Crippen MR) is 71.5 cm³/mol. The summed E-state index contributed by atoms with van der Waals surface area (Å²) in [7, 11) is 0. The second-order valence-corrected chi connectivity index (χ2v) is 4.27. The monoisotopic (exact) mass is 254 g/mol. The standard InChI is InChI=1S/C14H14N4O/c1-10(2)6-7-19-12-5-3-4-11(8-12)14-13(9-15)16-18-17-14/h3-6,8H,7H2,1-2H3,(H,16,17,18). The van der Waals surface area contributed by atoms with E-state index in [9.17, 15) is 0 Å². The number of hydrogen-bond donors (Lipinski definition) is 1. The van der Waals surface area contributed by atoms with Crippen LogP contribution in [0.1, 0.15) is 19.5 Å². The normalized spacial score (nSPS) is 9.74. The molecule has 1 N–H and O–H groups in total. The molecule has 0 bridgehead atoms. The second-order valence-electron chi connectivity index (χ2n) is 4.27. The van der Waals surface area contributed by atoms with Gasteiger partial charge in [-0.1, -0.05) is 22.9 Å². The van der Waals surface area contributed by atoms with Crippen molar-refractivity contribution in [3.8, 4) is 23.1 Å². The SMILES string of the molecule is CC(C)=CCOc1cccc(-c2nn[nH]c2C#N)c1. The summed E-state index contributed by atoms with van der Waals surface area (Å²) in [6, 6.07) is 9.47. The number of H-pyrrole nitrogens is 1. The zero-order chi connectivity index (χ0) is 13.7. The quantitative estimate of drug-likeness (QED) is 0.851. The first-order chi connectivity index (χ1) is 9.20. The Hall–Kier alpha value is -2.61. The molecule has 0 saturated heterocycles. The Balaban J connectivity index is 2.20. The highest BCUT2D eigenvalue weighted by atomic mass is 16.5. The molecule has 5 nitrogen and oxygen atoms in total. The summed E-state index contributed by atoms with van der Waals surface area (Å²) in [4.78, 5) is 0. The molecule has 2 aromatic rings. The first-order valence-electron chi connectivity index (χ1n) is 5.88. The number of hydrogen-bond acceptors (Lipinski definition) is 4. The lowest BCUT2D eigenvalue weighted by Gasteiger charge is -2.05. The van der Waals surface area contributed by atoms with E-state index in [2.05, 4.69) is 15.4 Å². The van der Waals surface area contributed by atoms with Crippen molar-refractivity contribution >= 4 is 0 Å². The molecule has 19 heavy (non-hydrogen) atoms. The van der Waals surface area contributed by atoms with Gasteiger partial charge in [0.25, 0.3) is 0 Å². The average Bonchev–Trinajstić information content (AvgIpc) is 2.87. The van der Waals surface area contributed by atoms with Gasteiger partial charge in [-0.3, -0.25) is 0 Å². The van der Waals surface area contributed by atoms with Gasteiger partial charge < -0.3 is 4.74 Å². The van der Waals surface area contributed by atoms with Crippen LogP contribution in [0.3, 0.4) is 0 Å². The predicted octanol–water partition coefficient (Wildman–Crippen LogP) is 2.69. The molecule has 0 atom stereocenters. The Bertz CT molecular complexity index is 633. The van der Waals surface area contributed by atoms with E-state index in [0.717, 1.165) is 11.3 Å². The zero-order valence-electron chi connectivity index (χ0n) is 10.8. The largest absolute Gasteiger partial charge is 0.490 e. The maximum Gasteiger partial charge on any atom is 0.163 e. The van der Waals surface area contributed by atoms with Crippen LogP contribution in [0.2, 0.25) is 0 Å². The first-order valence-corrected chi connectivity index (χ1v) is 5.88. The molecule has 5 heteroatoms. The molecule has 0 unspecified atom stereocenters. The van der Waals surface area contributed by atoms with Gasteiger partial charge in [0.1, 0.15) is 24.1 Å². The maximum atomic E-state index is 8.94. The van der Waals surface area contributed by atoms with Gasteiger partial charge in [-0.05, 0) is 32.1 Å². The van der Waals surface area contributed by atoms with Gasteiger partial charge in [0.15, 0.2) is 5.69 Å². The highest BCUT2D eigenvalue weighted by Gasteiger charge is 2.09. The molecule has 1 aromatic carbocycles. The Morgan fingerprint density at radius 2 is 2.32 bits per heavy atom. The Morgan fingerprint density at radius 3 is 3.05 bits per heavy atom. The van der Waals surface area contributed by atoms with Crippen molar-refractivity contribution in [3.63, 3.8) is 0 Å². The number of allylic oxidation sites excluding steroid dienone is 1. The summed E-state index contributed by atoms with van der Waals surface area (Å²) in [5.41, 5.74) is 2.90. The number of nitrogens with zero attached hydrogens (tertiary/aromatic N) is 3. The molecule has 1 heterocycles. The van der Waals surface area contributed by atoms with Gasteiger partial charge in [-0.25, -0.2) is 5.10 Å². The number of nitriles is 1. The minimum absolute atomic E-state index is 0.349. The zero-order valence-corrected chi connectivity index (χ0v) is 10.8. The molecule has 0 amide bonds. The average molecular weight is 254 g/mol. The maximum absolute atomic E-state index is 8.94. The molecule has 0 saturated carbocycles. The van der Waals surface area contributed by atoms with Gasteiger partial charge in [0.2, 0.25) is 0 Å². The number of aromatic amines is 1. The van der Waals surface area contributed by atoms with Crippen LogP contribution in [0.15, 0.2) is 35.9 Å². The van der Waals surface area contributed by atoms with E-state index in [1.165, 1.54) is 5.57 Å². The fourth-order valence-electron chi connectivity index (χ4n) is 1.55. The van der Waals surface area contributed by atoms with Crippen LogP contribution in [0.25, 0.3) is 11.3 Å². The summed E-state index contributed by atoms with van der Waals surface area (Å²) in [6.07, 6.45) is 2.00. The lowest BCUT2D eigenvalue weighted by Crippen LogP contribution is -1.94. The fraction of sp³-hybridized carbons (Fsp3) is 0.214. The fourth-order valence-corrected chi connectivity index (χ4v) is 1.55. The van der Waals surface area contributed by atoms with Crippen LogP contribution in [-0.2, 0) is 0 Å². The van der Waals surface area contributed by atoms with Crippen LogP contribution in [0, 0.1) is 11.3 Å². The molecule has 96 valence electrons. The summed E-state index contributed by atoms with van der Waals surface area (Å²) in [6.45, 7) is 4.57. The summed E-state index contributed by atoms with van der Waals surface area (Å²) >= 11 is 0. The van der Waals surface area contributed by atoms with E-state index < -0.39 is 0 Å². The van der Waals surface area contributed by atoms with Crippen LogP contribution in [-0.4, -0.2) is 22.0 Å². The molecule has 1 aromatic heterocycles. The second kappa shape index (κ2) is 5.83. The number of aromatic nitrogens is 3. The lowest BCUT2D eigenvalue weighted by atomic mass is 10.1. The van der Waals surface area contributed by atoms with Crippen molar-refractivity contribution in [1.82, 2.24) is 15.4 Å². The minimum atomic E-state index is 0.349. The lowest BCUT2D eigenvalue weighted by molar-refractivity contribution is 0.362. The van der Waals surface area contributed by atoms with Crippen molar-refractivity contribution in [2.24, 2.45) is 0 Å². The van der Waals surface area contributed by atoms with Crippen molar-refractivity contribution in [3.05, 3.63) is 41.6 Å². The van der Waals surface area contributed by atoms with Crippen LogP contribution >= 0.6 is 0 Å². The van der Waals surface area contributed by atoms with Gasteiger partial charge in [0.05, 0.1) is 0 Å². The molecule has 0 aliphatic carbocycles. The van der Waals surface area contributed by atoms with E-state index in [1.54, 1.807) is 0 Å². The first kappa shape index (κ1) is 12.8. The Labute approximate surface area is 111 Å². The van der Waals surface area contributed by atoms with Crippen LogP contribution in [0.5, 0.6) is 5.75 Å². The van der Waals surface area contributed by atoms with Gasteiger partial charge in [-0.2, -0.15) is 5.26 Å². The third kappa shape index (κ3) is 3.19. The van der Waals surface area contributed by atoms with Crippen LogP contribution < -0.4 is 4.74 Å². The summed E-state index contributed by atoms with van der Waals surface area (Å²) < 4.78 is 5.61. The molecule has 2 rings (SSSR count). The number of ether oxygens (including phenoxy) is 1. The third-order valence-corrected chi connectivity index (χ3v) is 2.51. The van der Waals surface area contributed by atoms with Crippen LogP contribution in [0.4, 0.5) is 0 Å². The molecular weight excluding hydrogens is 240 g/mol.